The summed E-state index contributed by atoms with van der Waals surface area (Å²) in [5.41, 5.74) is 6.07. The Kier molecular flexibility index (Phi) is 3.00. The molecule has 4 aliphatic rings. The van der Waals surface area contributed by atoms with Gasteiger partial charge in [-0.3, -0.25) is 0 Å². The van der Waals surface area contributed by atoms with Crippen molar-refractivity contribution in [1.29, 1.82) is 0 Å². The number of rotatable bonds is 1. The van der Waals surface area contributed by atoms with Gasteiger partial charge >= 0.3 is 0 Å². The summed E-state index contributed by atoms with van der Waals surface area (Å²) < 4.78 is 0. The molecule has 2 aliphatic heterocycles. The molecular weight excluding hydrogens is 290 g/mol. The molecule has 5 rings (SSSR count). The van der Waals surface area contributed by atoms with Gasteiger partial charge in [0.1, 0.15) is 0 Å². The van der Waals surface area contributed by atoms with E-state index in [1.165, 1.54) is 22.3 Å². The Labute approximate surface area is 144 Å². The second-order valence-corrected chi connectivity index (χ2v) is 7.74. The van der Waals surface area contributed by atoms with E-state index in [1.807, 2.05) is 0 Å². The Morgan fingerprint density at radius 1 is 1.12 bits per heavy atom. The van der Waals surface area contributed by atoms with Crippen LogP contribution in [0.15, 0.2) is 78.1 Å². The lowest BCUT2D eigenvalue weighted by molar-refractivity contribution is 0.370. The maximum Gasteiger partial charge on any atom is 0.0548 e. The van der Waals surface area contributed by atoms with Crippen molar-refractivity contribution in [3.8, 4) is 0 Å². The molecular formula is C23H23N. The van der Waals surface area contributed by atoms with Crippen molar-refractivity contribution in [2.45, 2.75) is 25.8 Å². The molecule has 0 spiro atoms. The SMILES string of the molecule is CC12C=CC=CC1C1C=C(C3=Cc4ccccc4CC3)C=CN1C2. The van der Waals surface area contributed by atoms with Crippen LogP contribution in [0.5, 0.6) is 0 Å². The summed E-state index contributed by atoms with van der Waals surface area (Å²) in [5, 5.41) is 0. The Bertz CT molecular complexity index is 835. The van der Waals surface area contributed by atoms with Crippen LogP contribution >= 0.6 is 0 Å². The minimum Gasteiger partial charge on any atom is -0.369 e. The lowest BCUT2D eigenvalue weighted by Gasteiger charge is -2.30. The molecule has 0 bridgehead atoms. The third-order valence-corrected chi connectivity index (χ3v) is 6.16. The first kappa shape index (κ1) is 14.1. The molecule has 1 nitrogen and oxygen atoms in total. The summed E-state index contributed by atoms with van der Waals surface area (Å²) >= 11 is 0. The summed E-state index contributed by atoms with van der Waals surface area (Å²) in [7, 11) is 0. The quantitative estimate of drug-likeness (QED) is 0.712. The van der Waals surface area contributed by atoms with E-state index in [9.17, 15) is 0 Å². The van der Waals surface area contributed by atoms with E-state index in [-0.39, 0.29) is 5.41 Å². The third kappa shape index (κ3) is 2.07. The summed E-state index contributed by atoms with van der Waals surface area (Å²) in [6.07, 6.45) is 21.1. The number of allylic oxidation sites excluding steroid dienone is 5. The van der Waals surface area contributed by atoms with Gasteiger partial charge in [-0.25, -0.2) is 0 Å². The van der Waals surface area contributed by atoms with Crippen LogP contribution in [-0.2, 0) is 6.42 Å². The van der Waals surface area contributed by atoms with Crippen molar-refractivity contribution in [2.75, 3.05) is 6.54 Å². The molecule has 120 valence electrons. The lowest BCUT2D eigenvalue weighted by Crippen LogP contribution is -2.29. The summed E-state index contributed by atoms with van der Waals surface area (Å²) in [4.78, 5) is 2.52. The number of fused-ring (bicyclic) bond motifs is 4. The Morgan fingerprint density at radius 3 is 3.00 bits per heavy atom. The lowest BCUT2D eigenvalue weighted by atomic mass is 9.74. The fourth-order valence-corrected chi connectivity index (χ4v) is 4.80. The van der Waals surface area contributed by atoms with Crippen molar-refractivity contribution >= 4 is 6.08 Å². The standard InChI is InChI=1S/C23H23N/c1-23-12-5-4-8-21(23)22-15-20(11-13-24(22)16-23)19-10-9-17-6-2-3-7-18(17)14-19/h2-8,11-15,21-22H,9-10,16H2,1H3. The van der Waals surface area contributed by atoms with Crippen molar-refractivity contribution in [3.63, 3.8) is 0 Å². The first-order valence-electron chi connectivity index (χ1n) is 9.04. The zero-order chi connectivity index (χ0) is 16.1. The minimum atomic E-state index is 0.267. The fourth-order valence-electron chi connectivity index (χ4n) is 4.80. The van der Waals surface area contributed by atoms with Crippen LogP contribution < -0.4 is 0 Å². The molecule has 2 aliphatic carbocycles. The third-order valence-electron chi connectivity index (χ3n) is 6.16. The van der Waals surface area contributed by atoms with Gasteiger partial charge < -0.3 is 4.90 Å². The Hall–Kier alpha value is -2.28. The van der Waals surface area contributed by atoms with Gasteiger partial charge in [0.15, 0.2) is 0 Å². The van der Waals surface area contributed by atoms with Crippen LogP contribution in [0.4, 0.5) is 0 Å². The number of benzene rings is 1. The molecule has 24 heavy (non-hydrogen) atoms. The molecule has 1 saturated heterocycles. The molecule has 2 heterocycles. The highest BCUT2D eigenvalue weighted by Crippen LogP contribution is 2.46. The number of aryl methyl sites for hydroxylation is 1. The van der Waals surface area contributed by atoms with E-state index < -0.39 is 0 Å². The molecule has 1 aromatic carbocycles. The second-order valence-electron chi connectivity index (χ2n) is 7.74. The zero-order valence-corrected chi connectivity index (χ0v) is 14.2. The van der Waals surface area contributed by atoms with Crippen molar-refractivity contribution in [3.05, 3.63) is 89.2 Å². The maximum absolute atomic E-state index is 2.52. The normalized spacial score (nSPS) is 32.8. The topological polar surface area (TPSA) is 3.24 Å². The number of hydrogen-bond donors (Lipinski definition) is 0. The molecule has 3 unspecified atom stereocenters. The van der Waals surface area contributed by atoms with Gasteiger partial charge in [0.05, 0.1) is 6.04 Å². The summed E-state index contributed by atoms with van der Waals surface area (Å²) in [6, 6.07) is 9.30. The molecule has 0 amide bonds. The van der Waals surface area contributed by atoms with E-state index in [0.717, 1.165) is 19.4 Å². The average Bonchev–Trinajstić information content (AvgIpc) is 2.92. The molecule has 0 saturated carbocycles. The Balaban J connectivity index is 1.50. The largest absolute Gasteiger partial charge is 0.369 e. The van der Waals surface area contributed by atoms with E-state index >= 15 is 0 Å². The fraction of sp³-hybridized carbons (Fsp3) is 0.304. The summed E-state index contributed by atoms with van der Waals surface area (Å²) in [6.45, 7) is 3.51. The van der Waals surface area contributed by atoms with E-state index in [0.29, 0.717) is 12.0 Å². The van der Waals surface area contributed by atoms with Crippen LogP contribution in [0.2, 0.25) is 0 Å². The van der Waals surface area contributed by atoms with E-state index in [4.69, 9.17) is 0 Å². The van der Waals surface area contributed by atoms with Crippen molar-refractivity contribution in [1.82, 2.24) is 4.90 Å². The van der Waals surface area contributed by atoms with Crippen LogP contribution in [0, 0.1) is 11.3 Å². The molecule has 3 atom stereocenters. The molecule has 0 radical (unpaired) electrons. The monoisotopic (exact) mass is 313 g/mol. The van der Waals surface area contributed by atoms with Gasteiger partial charge in [0, 0.05) is 24.1 Å². The van der Waals surface area contributed by atoms with Gasteiger partial charge in [0.2, 0.25) is 0 Å². The maximum atomic E-state index is 2.52. The highest BCUT2D eigenvalue weighted by atomic mass is 15.2. The van der Waals surface area contributed by atoms with Crippen LogP contribution in [0.1, 0.15) is 24.5 Å². The van der Waals surface area contributed by atoms with Gasteiger partial charge in [0.25, 0.3) is 0 Å². The molecule has 0 aromatic heterocycles. The first-order valence-corrected chi connectivity index (χ1v) is 9.04. The van der Waals surface area contributed by atoms with Gasteiger partial charge in [-0.15, -0.1) is 0 Å². The average molecular weight is 313 g/mol. The van der Waals surface area contributed by atoms with Crippen LogP contribution in [0.25, 0.3) is 6.08 Å². The predicted molar refractivity (Wildman–Crippen MR) is 100 cm³/mol. The summed E-state index contributed by atoms with van der Waals surface area (Å²) in [5.74, 6) is 0.582. The smallest absolute Gasteiger partial charge is 0.0548 e. The minimum absolute atomic E-state index is 0.267. The molecule has 1 heteroatoms. The van der Waals surface area contributed by atoms with Crippen LogP contribution in [0.3, 0.4) is 0 Å². The van der Waals surface area contributed by atoms with Crippen molar-refractivity contribution < 1.29 is 0 Å². The number of hydrogen-bond acceptors (Lipinski definition) is 1. The van der Waals surface area contributed by atoms with E-state index in [1.54, 1.807) is 0 Å². The highest BCUT2D eigenvalue weighted by molar-refractivity contribution is 5.66. The second kappa shape index (κ2) is 5.11. The van der Waals surface area contributed by atoms with E-state index in [2.05, 4.69) is 84.8 Å². The molecule has 1 fully saturated rings. The molecule has 1 aromatic rings. The van der Waals surface area contributed by atoms with Gasteiger partial charge in [-0.1, -0.05) is 67.6 Å². The predicted octanol–water partition coefficient (Wildman–Crippen LogP) is 4.90. The molecule has 0 N–H and O–H groups in total. The van der Waals surface area contributed by atoms with Crippen molar-refractivity contribution in [2.24, 2.45) is 11.3 Å². The first-order chi connectivity index (χ1) is 11.7. The highest BCUT2D eigenvalue weighted by Gasteiger charge is 2.46. The van der Waals surface area contributed by atoms with Gasteiger partial charge in [-0.2, -0.15) is 0 Å². The number of nitrogens with zero attached hydrogens (tertiary/aromatic N) is 1. The zero-order valence-electron chi connectivity index (χ0n) is 14.2. The Morgan fingerprint density at radius 2 is 2.04 bits per heavy atom. The van der Waals surface area contributed by atoms with Crippen LogP contribution in [-0.4, -0.2) is 17.5 Å². The van der Waals surface area contributed by atoms with Gasteiger partial charge in [-0.05, 0) is 41.2 Å².